The Labute approximate surface area is 287 Å². The van der Waals surface area contributed by atoms with Crippen LogP contribution in [-0.4, -0.2) is 75.3 Å². The topological polar surface area (TPSA) is 159 Å². The normalized spacial score (nSPS) is 22.9. The second kappa shape index (κ2) is 27.7. The van der Waals surface area contributed by atoms with Crippen molar-refractivity contribution in [3.05, 3.63) is 0 Å². The first-order chi connectivity index (χ1) is 22.7. The third kappa shape index (κ3) is 18.5. The molecular formula is C38H75N3O6. The first-order valence-electron chi connectivity index (χ1n) is 19.8. The van der Waals surface area contributed by atoms with Crippen LogP contribution in [0.15, 0.2) is 0 Å². The average molecular weight is 670 g/mol. The van der Waals surface area contributed by atoms with E-state index in [1.165, 1.54) is 114 Å². The van der Waals surface area contributed by atoms with E-state index in [1.54, 1.807) is 0 Å². The van der Waals surface area contributed by atoms with Crippen molar-refractivity contribution in [1.82, 2.24) is 4.90 Å². The maximum atomic E-state index is 13.6. The molecule has 0 spiro atoms. The molecule has 1 aliphatic heterocycles. The number of hydrogen-bond acceptors (Lipinski definition) is 8. The van der Waals surface area contributed by atoms with Crippen LogP contribution in [0.25, 0.3) is 0 Å². The minimum absolute atomic E-state index is 0.247. The van der Waals surface area contributed by atoms with Crippen LogP contribution < -0.4 is 11.5 Å². The fourth-order valence-corrected chi connectivity index (χ4v) is 6.76. The van der Waals surface area contributed by atoms with Crippen molar-refractivity contribution in [2.45, 2.75) is 217 Å². The van der Waals surface area contributed by atoms with Crippen LogP contribution >= 0.6 is 0 Å². The molecule has 47 heavy (non-hydrogen) atoms. The molecule has 278 valence electrons. The number of ketones is 1. The Bertz CT molecular complexity index is 787. The highest BCUT2D eigenvalue weighted by molar-refractivity contribution is 5.80. The Kier molecular flexibility index (Phi) is 25.9. The lowest BCUT2D eigenvalue weighted by Gasteiger charge is -2.51. The molecule has 0 unspecified atom stereocenters. The molecule has 0 aromatic rings. The van der Waals surface area contributed by atoms with E-state index in [4.69, 9.17) is 16.2 Å². The number of nitrogens with zero attached hydrogens (tertiary/aromatic N) is 1. The lowest BCUT2D eigenvalue weighted by Crippen LogP contribution is -2.76. The molecule has 9 nitrogen and oxygen atoms in total. The number of aliphatic hydroxyl groups excluding tert-OH is 3. The van der Waals surface area contributed by atoms with Gasteiger partial charge in [0.15, 0.2) is 0 Å². The van der Waals surface area contributed by atoms with Gasteiger partial charge in [0.05, 0.1) is 12.6 Å². The van der Waals surface area contributed by atoms with Crippen LogP contribution in [0.2, 0.25) is 0 Å². The van der Waals surface area contributed by atoms with Gasteiger partial charge in [-0.3, -0.25) is 20.2 Å². The van der Waals surface area contributed by atoms with E-state index < -0.39 is 30.3 Å². The summed E-state index contributed by atoms with van der Waals surface area (Å²) in [6, 6.07) is 0. The molecule has 0 aliphatic carbocycles. The van der Waals surface area contributed by atoms with E-state index in [0.29, 0.717) is 12.8 Å². The van der Waals surface area contributed by atoms with E-state index in [0.717, 1.165) is 38.5 Å². The smallest absolute Gasteiger partial charge is 0.227 e. The lowest BCUT2D eigenvalue weighted by atomic mass is 9.91. The van der Waals surface area contributed by atoms with Crippen molar-refractivity contribution in [1.29, 1.82) is 0 Å². The second-order valence-corrected chi connectivity index (χ2v) is 14.2. The number of aliphatic hydroxyl groups is 3. The highest BCUT2D eigenvalue weighted by atomic mass is 16.6. The van der Waals surface area contributed by atoms with Gasteiger partial charge >= 0.3 is 0 Å². The summed E-state index contributed by atoms with van der Waals surface area (Å²) in [6.07, 6.45) is 23.8. The van der Waals surface area contributed by atoms with Gasteiger partial charge in [0.2, 0.25) is 11.8 Å². The molecular weight excluding hydrogens is 594 g/mol. The van der Waals surface area contributed by atoms with Crippen molar-refractivity contribution in [2.75, 3.05) is 13.1 Å². The van der Waals surface area contributed by atoms with Gasteiger partial charge in [-0.15, -0.1) is 0 Å². The van der Waals surface area contributed by atoms with Crippen molar-refractivity contribution in [3.63, 3.8) is 0 Å². The lowest BCUT2D eigenvalue weighted by molar-refractivity contribution is -0.308. The van der Waals surface area contributed by atoms with Crippen LogP contribution in [0, 0.1) is 0 Å². The van der Waals surface area contributed by atoms with Gasteiger partial charge in [-0.05, 0) is 12.8 Å². The Morgan fingerprint density at radius 3 is 1.40 bits per heavy atom. The number of Topliss-reactive ketones (excluding diaryl/α,β-unsaturated/α-hetero) is 1. The van der Waals surface area contributed by atoms with Crippen molar-refractivity contribution < 1.29 is 29.6 Å². The molecule has 0 aromatic heterocycles. The maximum Gasteiger partial charge on any atom is 0.227 e. The maximum absolute atomic E-state index is 13.6. The minimum Gasteiger partial charge on any atom is -0.388 e. The molecule has 5 atom stereocenters. The zero-order chi connectivity index (χ0) is 34.8. The van der Waals surface area contributed by atoms with E-state index in [-0.39, 0.29) is 37.6 Å². The van der Waals surface area contributed by atoms with Crippen LogP contribution in [0.4, 0.5) is 0 Å². The molecule has 1 rings (SSSR count). The van der Waals surface area contributed by atoms with Crippen molar-refractivity contribution >= 4 is 11.7 Å². The van der Waals surface area contributed by atoms with Gasteiger partial charge in [0.25, 0.3) is 0 Å². The molecule has 7 N–H and O–H groups in total. The number of amides is 1. The number of hydrogen-bond donors (Lipinski definition) is 5. The second-order valence-electron chi connectivity index (χ2n) is 14.2. The number of carbonyl (C=O) groups excluding carboxylic acids is 2. The van der Waals surface area contributed by atoms with Gasteiger partial charge < -0.3 is 25.8 Å². The monoisotopic (exact) mass is 670 g/mol. The summed E-state index contributed by atoms with van der Waals surface area (Å²) in [5, 5.41) is 32.2. The van der Waals surface area contributed by atoms with Crippen molar-refractivity contribution in [2.24, 2.45) is 11.5 Å². The summed E-state index contributed by atoms with van der Waals surface area (Å²) in [5.74, 6) is -2.67. The number of carbonyl (C=O) groups is 2. The van der Waals surface area contributed by atoms with E-state index in [9.17, 15) is 24.9 Å². The largest absolute Gasteiger partial charge is 0.388 e. The average Bonchev–Trinajstić information content (AvgIpc) is 3.06. The van der Waals surface area contributed by atoms with Gasteiger partial charge in [-0.2, -0.15) is 0 Å². The summed E-state index contributed by atoms with van der Waals surface area (Å²) in [7, 11) is 0. The highest BCUT2D eigenvalue weighted by Crippen LogP contribution is 2.32. The van der Waals surface area contributed by atoms with E-state index in [2.05, 4.69) is 13.8 Å². The quantitative estimate of drug-likeness (QED) is 0.0389. The summed E-state index contributed by atoms with van der Waals surface area (Å²) in [4.78, 5) is 27.0. The van der Waals surface area contributed by atoms with Crippen LogP contribution in [0.3, 0.4) is 0 Å². The van der Waals surface area contributed by atoms with Crippen molar-refractivity contribution in [3.8, 4) is 0 Å². The Hall–Kier alpha value is -1.10. The zero-order valence-corrected chi connectivity index (χ0v) is 30.5. The molecule has 9 heteroatoms. The molecule has 1 heterocycles. The fraction of sp³-hybridized carbons (Fsp3) is 0.947. The number of nitrogens with two attached hydrogens (primary N) is 2. The molecule has 1 saturated heterocycles. The summed E-state index contributed by atoms with van der Waals surface area (Å²) in [5.41, 5.74) is 12.1. The molecule has 1 aliphatic rings. The summed E-state index contributed by atoms with van der Waals surface area (Å²) >= 11 is 0. The summed E-state index contributed by atoms with van der Waals surface area (Å²) < 4.78 is 5.94. The summed E-state index contributed by atoms with van der Waals surface area (Å²) in [6.45, 7) is 4.50. The van der Waals surface area contributed by atoms with E-state index in [1.807, 2.05) is 0 Å². The van der Waals surface area contributed by atoms with Gasteiger partial charge in [0.1, 0.15) is 24.1 Å². The number of ether oxygens (including phenoxy) is 1. The first-order valence-corrected chi connectivity index (χ1v) is 19.8. The number of unbranched alkanes of at least 4 members (excludes halogenated alkanes) is 23. The van der Waals surface area contributed by atoms with Crippen LogP contribution in [0.1, 0.15) is 187 Å². The van der Waals surface area contributed by atoms with Crippen LogP contribution in [0.5, 0.6) is 0 Å². The molecule has 1 amide bonds. The molecule has 0 radical (unpaired) electrons. The standard InChI is InChI=1S/C38H75N3O6/c1-3-5-7-9-11-13-14-15-16-17-18-19-21-23-25-27-29-41(34(43)28-26-24-22-20-12-10-8-6-4-2)38(40)37(46)36(45)35(44)33(47-38)30-32(42)31-39/h33,35-37,44-46H,3-31,39-40H2,1-2H3/t33-,35-,36+,37-,38+/m1/s1. The molecule has 1 fully saturated rings. The Balaban J connectivity index is 2.55. The predicted molar refractivity (Wildman–Crippen MR) is 192 cm³/mol. The van der Waals surface area contributed by atoms with Gasteiger partial charge in [0, 0.05) is 19.4 Å². The fourth-order valence-electron chi connectivity index (χ4n) is 6.76. The van der Waals surface area contributed by atoms with Crippen LogP contribution in [-0.2, 0) is 14.3 Å². The van der Waals surface area contributed by atoms with Gasteiger partial charge in [-0.25, -0.2) is 0 Å². The van der Waals surface area contributed by atoms with Gasteiger partial charge in [-0.1, -0.05) is 162 Å². The number of rotatable bonds is 31. The highest BCUT2D eigenvalue weighted by Gasteiger charge is 2.55. The zero-order valence-electron chi connectivity index (χ0n) is 30.5. The Morgan fingerprint density at radius 2 is 1.00 bits per heavy atom. The van der Waals surface area contributed by atoms with E-state index >= 15 is 0 Å². The SMILES string of the molecule is CCCCCCCCCCCCCCCCCCN(C(=O)CCCCCCCCCCC)[C@]1(N)O[C@H](CC(=O)CN)[C@@H](O)[C@H](O)[C@H]1O. The first kappa shape index (κ1) is 43.9. The third-order valence-electron chi connectivity index (χ3n) is 9.93. The predicted octanol–water partition coefficient (Wildman–Crippen LogP) is 7.01. The molecule has 0 saturated carbocycles. The minimum atomic E-state index is -2.05. The third-order valence-corrected chi connectivity index (χ3v) is 9.93. The molecule has 0 aromatic carbocycles. The molecule has 0 bridgehead atoms. The Morgan fingerprint density at radius 1 is 0.617 bits per heavy atom.